The first-order chi connectivity index (χ1) is 6.26. The van der Waals surface area contributed by atoms with Gasteiger partial charge in [-0.25, -0.2) is 9.97 Å². The molecule has 0 aliphatic rings. The van der Waals surface area contributed by atoms with E-state index < -0.39 is 0 Å². The molecule has 0 aliphatic heterocycles. The van der Waals surface area contributed by atoms with Crippen LogP contribution in [0.5, 0.6) is 0 Å². The number of nitrogens with one attached hydrogen (secondary N) is 1. The third-order valence-electron chi connectivity index (χ3n) is 1.62. The summed E-state index contributed by atoms with van der Waals surface area (Å²) in [7, 11) is 0. The first-order valence-corrected chi connectivity index (χ1v) is 4.94. The number of hydrogen-bond acceptors (Lipinski definition) is 3. The summed E-state index contributed by atoms with van der Waals surface area (Å²) >= 11 is 5.56. The van der Waals surface area contributed by atoms with Gasteiger partial charge in [-0.15, -0.1) is 11.6 Å². The Morgan fingerprint density at radius 1 is 1.46 bits per heavy atom. The normalized spacial score (nSPS) is 10.1. The van der Waals surface area contributed by atoms with E-state index in [9.17, 15) is 0 Å². The van der Waals surface area contributed by atoms with Crippen LogP contribution in [-0.2, 0) is 6.42 Å². The summed E-state index contributed by atoms with van der Waals surface area (Å²) in [5, 5.41) is 3.13. The van der Waals surface area contributed by atoms with E-state index in [0.29, 0.717) is 5.88 Å². The van der Waals surface area contributed by atoms with Crippen LogP contribution in [0.1, 0.15) is 18.4 Å². The highest BCUT2D eigenvalue weighted by atomic mass is 35.5. The molecule has 4 heteroatoms. The van der Waals surface area contributed by atoms with E-state index in [1.54, 1.807) is 0 Å². The molecule has 0 amide bonds. The first kappa shape index (κ1) is 10.3. The second-order valence-electron chi connectivity index (χ2n) is 2.78. The molecule has 0 unspecified atom stereocenters. The largest absolute Gasteiger partial charge is 0.369 e. The summed E-state index contributed by atoms with van der Waals surface area (Å²) in [6.45, 7) is 4.74. The van der Waals surface area contributed by atoms with Gasteiger partial charge in [0.2, 0.25) is 0 Å². The van der Waals surface area contributed by atoms with E-state index in [1.807, 2.05) is 19.9 Å². The zero-order valence-corrected chi connectivity index (χ0v) is 8.73. The average Bonchev–Trinajstić information content (AvgIpc) is 2.14. The standard InChI is InChI=1S/C9H14ClN3/c1-3-8-12-7(2)6-9(13-8)11-5-4-10/h6H,3-5H2,1-2H3,(H,11,12,13). The lowest BCUT2D eigenvalue weighted by atomic mass is 10.3. The van der Waals surface area contributed by atoms with Crippen molar-refractivity contribution in [2.45, 2.75) is 20.3 Å². The fourth-order valence-electron chi connectivity index (χ4n) is 1.05. The molecule has 3 nitrogen and oxygen atoms in total. The third kappa shape index (κ3) is 3.19. The zero-order chi connectivity index (χ0) is 9.68. The Morgan fingerprint density at radius 3 is 2.85 bits per heavy atom. The number of rotatable bonds is 4. The van der Waals surface area contributed by atoms with Crippen molar-refractivity contribution in [1.82, 2.24) is 9.97 Å². The van der Waals surface area contributed by atoms with E-state index in [0.717, 1.165) is 30.3 Å². The van der Waals surface area contributed by atoms with Crippen molar-refractivity contribution in [3.8, 4) is 0 Å². The minimum absolute atomic E-state index is 0.588. The predicted molar refractivity (Wildman–Crippen MR) is 55.4 cm³/mol. The van der Waals surface area contributed by atoms with Crippen LogP contribution in [0.2, 0.25) is 0 Å². The van der Waals surface area contributed by atoms with Crippen molar-refractivity contribution in [2.24, 2.45) is 0 Å². The Labute approximate surface area is 83.5 Å². The second kappa shape index (κ2) is 5.02. The third-order valence-corrected chi connectivity index (χ3v) is 1.81. The van der Waals surface area contributed by atoms with Crippen molar-refractivity contribution >= 4 is 17.4 Å². The molecule has 0 fully saturated rings. The number of alkyl halides is 1. The van der Waals surface area contributed by atoms with Crippen LogP contribution in [0.4, 0.5) is 5.82 Å². The lowest BCUT2D eigenvalue weighted by Gasteiger charge is -2.05. The van der Waals surface area contributed by atoms with Crippen LogP contribution in [0.25, 0.3) is 0 Å². The number of aryl methyl sites for hydroxylation is 2. The molecule has 0 bridgehead atoms. The minimum atomic E-state index is 0.588. The molecule has 1 heterocycles. The summed E-state index contributed by atoms with van der Waals surface area (Å²) in [4.78, 5) is 8.59. The Balaban J connectivity index is 2.76. The highest BCUT2D eigenvalue weighted by Crippen LogP contribution is 2.06. The molecule has 0 radical (unpaired) electrons. The van der Waals surface area contributed by atoms with E-state index in [-0.39, 0.29) is 0 Å². The van der Waals surface area contributed by atoms with Gasteiger partial charge in [0.15, 0.2) is 0 Å². The maximum absolute atomic E-state index is 5.56. The van der Waals surface area contributed by atoms with Crippen LogP contribution >= 0.6 is 11.6 Å². The zero-order valence-electron chi connectivity index (χ0n) is 7.97. The number of hydrogen-bond donors (Lipinski definition) is 1. The smallest absolute Gasteiger partial charge is 0.130 e. The molecule has 13 heavy (non-hydrogen) atoms. The van der Waals surface area contributed by atoms with Crippen molar-refractivity contribution in [3.05, 3.63) is 17.6 Å². The summed E-state index contributed by atoms with van der Waals surface area (Å²) in [5.41, 5.74) is 0.990. The van der Waals surface area contributed by atoms with Gasteiger partial charge in [0.05, 0.1) is 0 Å². The Morgan fingerprint density at radius 2 is 2.23 bits per heavy atom. The van der Waals surface area contributed by atoms with Gasteiger partial charge in [0.25, 0.3) is 0 Å². The topological polar surface area (TPSA) is 37.8 Å². The maximum Gasteiger partial charge on any atom is 0.130 e. The van der Waals surface area contributed by atoms with Crippen LogP contribution in [-0.4, -0.2) is 22.4 Å². The summed E-state index contributed by atoms with van der Waals surface area (Å²) in [6, 6.07) is 1.92. The van der Waals surface area contributed by atoms with Gasteiger partial charge in [0.1, 0.15) is 11.6 Å². The molecule has 0 saturated carbocycles. The SMILES string of the molecule is CCc1nc(C)cc(NCCCl)n1. The molecule has 1 aromatic heterocycles. The monoisotopic (exact) mass is 199 g/mol. The number of aromatic nitrogens is 2. The van der Waals surface area contributed by atoms with Crippen molar-refractivity contribution in [3.63, 3.8) is 0 Å². The number of nitrogens with zero attached hydrogens (tertiary/aromatic N) is 2. The van der Waals surface area contributed by atoms with Crippen LogP contribution in [0.3, 0.4) is 0 Å². The van der Waals surface area contributed by atoms with Crippen molar-refractivity contribution in [1.29, 1.82) is 0 Å². The van der Waals surface area contributed by atoms with Gasteiger partial charge in [-0.1, -0.05) is 6.92 Å². The van der Waals surface area contributed by atoms with Gasteiger partial charge in [0, 0.05) is 30.6 Å². The van der Waals surface area contributed by atoms with E-state index in [4.69, 9.17) is 11.6 Å². The molecular weight excluding hydrogens is 186 g/mol. The summed E-state index contributed by atoms with van der Waals surface area (Å²) in [6.07, 6.45) is 0.858. The van der Waals surface area contributed by atoms with Crippen LogP contribution in [0, 0.1) is 6.92 Å². The molecule has 1 aromatic rings. The van der Waals surface area contributed by atoms with Gasteiger partial charge in [-0.2, -0.15) is 0 Å². The predicted octanol–water partition coefficient (Wildman–Crippen LogP) is 2.00. The molecule has 0 spiro atoms. The molecule has 0 aromatic carbocycles. The van der Waals surface area contributed by atoms with Gasteiger partial charge < -0.3 is 5.32 Å². The molecule has 0 saturated heterocycles. The van der Waals surface area contributed by atoms with E-state index in [2.05, 4.69) is 15.3 Å². The van der Waals surface area contributed by atoms with E-state index in [1.165, 1.54) is 0 Å². The number of halogens is 1. The fourth-order valence-corrected chi connectivity index (χ4v) is 1.15. The van der Waals surface area contributed by atoms with Gasteiger partial charge in [-0.3, -0.25) is 0 Å². The van der Waals surface area contributed by atoms with Crippen LogP contribution < -0.4 is 5.32 Å². The Bertz CT molecular complexity index is 276. The van der Waals surface area contributed by atoms with Gasteiger partial charge >= 0.3 is 0 Å². The molecule has 0 aliphatic carbocycles. The summed E-state index contributed by atoms with van der Waals surface area (Å²) < 4.78 is 0. The number of anilines is 1. The molecule has 1 rings (SSSR count). The van der Waals surface area contributed by atoms with Gasteiger partial charge in [-0.05, 0) is 6.92 Å². The first-order valence-electron chi connectivity index (χ1n) is 4.40. The minimum Gasteiger partial charge on any atom is -0.369 e. The maximum atomic E-state index is 5.56. The fraction of sp³-hybridized carbons (Fsp3) is 0.556. The quantitative estimate of drug-likeness (QED) is 0.754. The highest BCUT2D eigenvalue weighted by molar-refractivity contribution is 6.18. The summed E-state index contributed by atoms with van der Waals surface area (Å²) in [5.74, 6) is 2.33. The second-order valence-corrected chi connectivity index (χ2v) is 3.16. The lowest BCUT2D eigenvalue weighted by molar-refractivity contribution is 0.915. The van der Waals surface area contributed by atoms with Crippen LogP contribution in [0.15, 0.2) is 6.07 Å². The lowest BCUT2D eigenvalue weighted by Crippen LogP contribution is -2.07. The van der Waals surface area contributed by atoms with Crippen molar-refractivity contribution < 1.29 is 0 Å². The Hall–Kier alpha value is -0.830. The molecular formula is C9H14ClN3. The molecule has 0 atom stereocenters. The van der Waals surface area contributed by atoms with Crippen molar-refractivity contribution in [2.75, 3.05) is 17.7 Å². The average molecular weight is 200 g/mol. The highest BCUT2D eigenvalue weighted by Gasteiger charge is 1.98. The van der Waals surface area contributed by atoms with E-state index >= 15 is 0 Å². The Kier molecular flexibility index (Phi) is 3.96. The molecule has 1 N–H and O–H groups in total. The molecule has 72 valence electrons.